The zero-order valence-corrected chi connectivity index (χ0v) is 17.0. The van der Waals surface area contributed by atoms with Crippen molar-refractivity contribution in [3.05, 3.63) is 58.4 Å². The highest BCUT2D eigenvalue weighted by Crippen LogP contribution is 2.35. The molecule has 0 atom stereocenters. The summed E-state index contributed by atoms with van der Waals surface area (Å²) in [6.07, 6.45) is 0. The molecule has 146 valence electrons. The number of halogens is 2. The number of nitrogens with zero attached hydrogens (tertiary/aromatic N) is 3. The first kappa shape index (κ1) is 19.0. The molecule has 0 spiro atoms. The van der Waals surface area contributed by atoms with Crippen LogP contribution in [0, 0.1) is 12.7 Å². The molecule has 0 radical (unpaired) electrons. The first-order valence-corrected chi connectivity index (χ1v) is 10.3. The molecule has 2 amide bonds. The maximum atomic E-state index is 13.0. The van der Waals surface area contributed by atoms with Gasteiger partial charge in [-0.2, -0.15) is 0 Å². The number of piperazine rings is 1. The molecule has 1 N–H and O–H groups in total. The first-order chi connectivity index (χ1) is 13.5. The van der Waals surface area contributed by atoms with Crippen molar-refractivity contribution in [3.63, 3.8) is 0 Å². The fraction of sp³-hybridized carbons (Fsp3) is 0.300. The molecule has 2 heterocycles. The Morgan fingerprint density at radius 2 is 1.89 bits per heavy atom. The minimum Gasteiger partial charge on any atom is -0.345 e. The average molecular weight is 419 g/mol. The number of aryl methyl sites for hydroxylation is 1. The Labute approximate surface area is 171 Å². The number of aromatic nitrogens is 1. The Hall–Kier alpha value is -2.38. The normalized spacial score (nSPS) is 14.5. The molecule has 4 rings (SSSR count). The molecule has 2 aromatic carbocycles. The summed E-state index contributed by atoms with van der Waals surface area (Å²) in [5.41, 5.74) is 2.93. The van der Waals surface area contributed by atoms with Crippen LogP contribution in [0.15, 0.2) is 36.4 Å². The number of benzene rings is 2. The highest BCUT2D eigenvalue weighted by Gasteiger charge is 2.23. The molecule has 1 aromatic heterocycles. The van der Waals surface area contributed by atoms with Gasteiger partial charge in [0.2, 0.25) is 0 Å². The fourth-order valence-electron chi connectivity index (χ4n) is 3.22. The Morgan fingerprint density at radius 3 is 2.57 bits per heavy atom. The van der Waals surface area contributed by atoms with Crippen molar-refractivity contribution in [1.29, 1.82) is 0 Å². The molecule has 0 bridgehead atoms. The number of thiazole rings is 1. The van der Waals surface area contributed by atoms with Gasteiger partial charge in [-0.1, -0.05) is 41.1 Å². The number of nitrogens with one attached hydrogen (secondary N) is 1. The molecule has 0 saturated carbocycles. The number of carbonyl (C=O) groups is 1. The van der Waals surface area contributed by atoms with Gasteiger partial charge in [0.1, 0.15) is 5.82 Å². The Kier molecular flexibility index (Phi) is 5.37. The average Bonchev–Trinajstić information content (AvgIpc) is 3.17. The van der Waals surface area contributed by atoms with Gasteiger partial charge in [0.25, 0.3) is 0 Å². The second kappa shape index (κ2) is 7.93. The molecule has 3 aromatic rings. The summed E-state index contributed by atoms with van der Waals surface area (Å²) >= 11 is 7.91. The summed E-state index contributed by atoms with van der Waals surface area (Å²) in [6.45, 7) is 5.11. The van der Waals surface area contributed by atoms with Gasteiger partial charge in [-0.15, -0.1) is 0 Å². The molecule has 1 aliphatic rings. The lowest BCUT2D eigenvalue weighted by Crippen LogP contribution is -2.51. The molecule has 0 unspecified atom stereocenters. The predicted octanol–water partition coefficient (Wildman–Crippen LogP) is 4.43. The largest absolute Gasteiger partial charge is 0.345 e. The van der Waals surface area contributed by atoms with E-state index in [0.29, 0.717) is 19.6 Å². The predicted molar refractivity (Wildman–Crippen MR) is 112 cm³/mol. The summed E-state index contributed by atoms with van der Waals surface area (Å²) in [7, 11) is 0. The van der Waals surface area contributed by atoms with E-state index < -0.39 is 0 Å². The minimum atomic E-state index is -0.280. The van der Waals surface area contributed by atoms with Crippen molar-refractivity contribution in [1.82, 2.24) is 15.2 Å². The standard InChI is InChI=1S/C20H20ClFN4OS/c1-13-2-7-16(21)18-17(13)24-20(28-18)26-10-8-25(9-11-26)19(27)23-12-14-3-5-15(22)6-4-14/h2-7H,8-12H2,1H3,(H,23,27). The van der Waals surface area contributed by atoms with Gasteiger partial charge in [0, 0.05) is 32.7 Å². The van der Waals surface area contributed by atoms with Gasteiger partial charge in [0.15, 0.2) is 5.13 Å². The van der Waals surface area contributed by atoms with Crippen LogP contribution >= 0.6 is 22.9 Å². The van der Waals surface area contributed by atoms with Gasteiger partial charge >= 0.3 is 6.03 Å². The summed E-state index contributed by atoms with van der Waals surface area (Å²) in [6, 6.07) is 9.93. The van der Waals surface area contributed by atoms with Crippen LogP contribution in [0.5, 0.6) is 0 Å². The quantitative estimate of drug-likeness (QED) is 0.684. The third kappa shape index (κ3) is 3.91. The SMILES string of the molecule is Cc1ccc(Cl)c2sc(N3CCN(C(=O)NCc4ccc(F)cc4)CC3)nc12. The number of urea groups is 1. The van der Waals surface area contributed by atoms with Crippen LogP contribution in [-0.4, -0.2) is 42.1 Å². The van der Waals surface area contributed by atoms with Crippen molar-refractivity contribution in [3.8, 4) is 0 Å². The number of rotatable bonds is 3. The smallest absolute Gasteiger partial charge is 0.317 e. The zero-order valence-electron chi connectivity index (χ0n) is 15.4. The Balaban J connectivity index is 1.35. The van der Waals surface area contributed by atoms with Gasteiger partial charge < -0.3 is 15.1 Å². The summed E-state index contributed by atoms with van der Waals surface area (Å²) in [4.78, 5) is 21.2. The molecule has 1 aliphatic heterocycles. The highest BCUT2D eigenvalue weighted by atomic mass is 35.5. The van der Waals surface area contributed by atoms with E-state index in [1.165, 1.54) is 12.1 Å². The number of amides is 2. The zero-order chi connectivity index (χ0) is 19.7. The van der Waals surface area contributed by atoms with Crippen LogP contribution in [0.2, 0.25) is 5.02 Å². The van der Waals surface area contributed by atoms with Crippen LogP contribution in [0.1, 0.15) is 11.1 Å². The maximum absolute atomic E-state index is 13.0. The Morgan fingerprint density at radius 1 is 1.18 bits per heavy atom. The van der Waals surface area contributed by atoms with Crippen molar-refractivity contribution < 1.29 is 9.18 Å². The van der Waals surface area contributed by atoms with Crippen LogP contribution in [0.25, 0.3) is 10.2 Å². The van der Waals surface area contributed by atoms with Crippen molar-refractivity contribution in [2.75, 3.05) is 31.1 Å². The van der Waals surface area contributed by atoms with E-state index in [9.17, 15) is 9.18 Å². The van der Waals surface area contributed by atoms with Crippen LogP contribution < -0.4 is 10.2 Å². The lowest BCUT2D eigenvalue weighted by atomic mass is 10.2. The van der Waals surface area contributed by atoms with E-state index in [4.69, 9.17) is 16.6 Å². The summed E-state index contributed by atoms with van der Waals surface area (Å²) < 4.78 is 14.0. The maximum Gasteiger partial charge on any atom is 0.317 e. The van der Waals surface area contributed by atoms with Crippen molar-refractivity contribution in [2.24, 2.45) is 0 Å². The van der Waals surface area contributed by atoms with E-state index >= 15 is 0 Å². The van der Waals surface area contributed by atoms with E-state index in [1.807, 2.05) is 19.1 Å². The van der Waals surface area contributed by atoms with E-state index in [1.54, 1.807) is 28.4 Å². The monoisotopic (exact) mass is 418 g/mol. The Bertz CT molecular complexity index is 960. The molecule has 5 nitrogen and oxygen atoms in total. The topological polar surface area (TPSA) is 48.5 Å². The first-order valence-electron chi connectivity index (χ1n) is 9.09. The number of anilines is 1. The van der Waals surface area contributed by atoms with Crippen LogP contribution in [-0.2, 0) is 6.54 Å². The molecular weight excluding hydrogens is 399 g/mol. The van der Waals surface area contributed by atoms with Crippen molar-refractivity contribution in [2.45, 2.75) is 13.5 Å². The third-order valence-corrected chi connectivity index (χ3v) is 6.46. The number of carbonyl (C=O) groups excluding carboxylic acids is 1. The second-order valence-electron chi connectivity index (χ2n) is 6.80. The molecule has 28 heavy (non-hydrogen) atoms. The van der Waals surface area contributed by atoms with Gasteiger partial charge in [-0.05, 0) is 36.2 Å². The van der Waals surface area contributed by atoms with Gasteiger partial charge in [0.05, 0.1) is 15.2 Å². The summed E-state index contributed by atoms with van der Waals surface area (Å²) in [5.74, 6) is -0.280. The number of hydrogen-bond donors (Lipinski definition) is 1. The molecule has 1 fully saturated rings. The van der Waals surface area contributed by atoms with Crippen LogP contribution in [0.3, 0.4) is 0 Å². The molecular formula is C20H20ClFN4OS. The van der Waals surface area contributed by atoms with Crippen LogP contribution in [0.4, 0.5) is 14.3 Å². The molecule has 1 saturated heterocycles. The van der Waals surface area contributed by atoms with Gasteiger partial charge in [-0.25, -0.2) is 14.2 Å². The number of fused-ring (bicyclic) bond motifs is 1. The van der Waals surface area contributed by atoms with E-state index in [2.05, 4.69) is 10.2 Å². The lowest BCUT2D eigenvalue weighted by Gasteiger charge is -2.34. The van der Waals surface area contributed by atoms with Crippen molar-refractivity contribution >= 4 is 44.3 Å². The van der Waals surface area contributed by atoms with Gasteiger partial charge in [-0.3, -0.25) is 0 Å². The number of hydrogen-bond acceptors (Lipinski definition) is 4. The molecule has 0 aliphatic carbocycles. The summed E-state index contributed by atoms with van der Waals surface area (Å²) in [5, 5.41) is 4.56. The third-order valence-electron chi connectivity index (χ3n) is 4.88. The second-order valence-corrected chi connectivity index (χ2v) is 8.18. The van der Waals surface area contributed by atoms with E-state index in [0.717, 1.165) is 44.6 Å². The molecule has 8 heteroatoms. The van der Waals surface area contributed by atoms with E-state index in [-0.39, 0.29) is 11.8 Å². The minimum absolute atomic E-state index is 0.104. The highest BCUT2D eigenvalue weighted by molar-refractivity contribution is 7.22. The lowest BCUT2D eigenvalue weighted by molar-refractivity contribution is 0.194. The fourth-order valence-corrected chi connectivity index (χ4v) is 4.59.